The molecule has 2 aromatic carbocycles. The Morgan fingerprint density at radius 3 is 2.59 bits per heavy atom. The summed E-state index contributed by atoms with van der Waals surface area (Å²) in [4.78, 5) is 12.2. The third-order valence-electron chi connectivity index (χ3n) is 2.87. The molecule has 0 saturated heterocycles. The highest BCUT2D eigenvalue weighted by molar-refractivity contribution is 14.1. The van der Waals surface area contributed by atoms with Crippen LogP contribution in [0, 0.1) is 3.57 Å². The van der Waals surface area contributed by atoms with Crippen LogP contribution in [0.25, 0.3) is 10.6 Å². The number of nitrogens with zero attached hydrogens (tertiary/aromatic N) is 2. The van der Waals surface area contributed by atoms with Crippen LogP contribution in [0.5, 0.6) is 0 Å². The Labute approximate surface area is 149 Å². The number of aromatic nitrogens is 2. The van der Waals surface area contributed by atoms with Crippen molar-refractivity contribution in [3.8, 4) is 10.6 Å². The van der Waals surface area contributed by atoms with E-state index in [1.54, 1.807) is 12.1 Å². The topological polar surface area (TPSA) is 54.9 Å². The van der Waals surface area contributed by atoms with E-state index in [2.05, 4.69) is 38.1 Å². The van der Waals surface area contributed by atoms with Gasteiger partial charge in [-0.2, -0.15) is 0 Å². The summed E-state index contributed by atoms with van der Waals surface area (Å²) in [6.45, 7) is 0. The maximum absolute atomic E-state index is 12.2. The molecular formula is C15H9ClIN3OS. The minimum Gasteiger partial charge on any atom is -0.296 e. The average Bonchev–Trinajstić information content (AvgIpc) is 2.96. The molecule has 0 spiro atoms. The van der Waals surface area contributed by atoms with Crippen LogP contribution in [0.15, 0.2) is 48.5 Å². The van der Waals surface area contributed by atoms with Crippen LogP contribution in [0.3, 0.4) is 0 Å². The number of hydrogen-bond donors (Lipinski definition) is 1. The van der Waals surface area contributed by atoms with Crippen molar-refractivity contribution in [3.63, 3.8) is 0 Å². The van der Waals surface area contributed by atoms with Crippen LogP contribution < -0.4 is 5.32 Å². The Bertz CT molecular complexity index is 837. The average molecular weight is 442 g/mol. The van der Waals surface area contributed by atoms with Crippen molar-refractivity contribution in [1.82, 2.24) is 10.2 Å². The summed E-state index contributed by atoms with van der Waals surface area (Å²) in [6.07, 6.45) is 0. The van der Waals surface area contributed by atoms with E-state index in [1.165, 1.54) is 11.3 Å². The predicted octanol–water partition coefficient (Wildman–Crippen LogP) is 4.72. The zero-order valence-corrected chi connectivity index (χ0v) is 14.8. The number of carbonyl (C=O) groups is 1. The molecule has 3 rings (SSSR count). The van der Waals surface area contributed by atoms with Crippen LogP contribution in [0.4, 0.5) is 5.13 Å². The summed E-state index contributed by atoms with van der Waals surface area (Å²) in [6, 6.07) is 14.8. The van der Waals surface area contributed by atoms with Crippen molar-refractivity contribution < 1.29 is 4.79 Å². The molecule has 1 aromatic heterocycles. The van der Waals surface area contributed by atoms with E-state index < -0.39 is 0 Å². The van der Waals surface area contributed by atoms with Crippen molar-refractivity contribution >= 4 is 56.6 Å². The summed E-state index contributed by atoms with van der Waals surface area (Å²) < 4.78 is 0.883. The van der Waals surface area contributed by atoms with Gasteiger partial charge in [-0.05, 0) is 40.8 Å². The molecule has 1 N–H and O–H groups in total. The second-order valence-electron chi connectivity index (χ2n) is 4.33. The van der Waals surface area contributed by atoms with Crippen LogP contribution in [-0.4, -0.2) is 16.1 Å². The first kappa shape index (κ1) is 15.4. The van der Waals surface area contributed by atoms with Crippen LogP contribution in [0.2, 0.25) is 5.02 Å². The van der Waals surface area contributed by atoms with Gasteiger partial charge in [0.05, 0.1) is 10.6 Å². The van der Waals surface area contributed by atoms with Gasteiger partial charge in [-0.25, -0.2) is 0 Å². The minimum absolute atomic E-state index is 0.202. The largest absolute Gasteiger partial charge is 0.296 e. The highest BCUT2D eigenvalue weighted by atomic mass is 127. The third kappa shape index (κ3) is 3.29. The van der Waals surface area contributed by atoms with Crippen LogP contribution in [0.1, 0.15) is 10.4 Å². The van der Waals surface area contributed by atoms with Gasteiger partial charge in [-0.15, -0.1) is 10.2 Å². The minimum atomic E-state index is -0.202. The van der Waals surface area contributed by atoms with Gasteiger partial charge >= 0.3 is 0 Å². The lowest BCUT2D eigenvalue weighted by Gasteiger charge is -2.03. The van der Waals surface area contributed by atoms with Gasteiger partial charge in [0, 0.05) is 9.13 Å². The van der Waals surface area contributed by atoms with Gasteiger partial charge in [0.2, 0.25) is 5.13 Å². The number of nitrogens with one attached hydrogen (secondary N) is 1. The highest BCUT2D eigenvalue weighted by Crippen LogP contribution is 2.31. The van der Waals surface area contributed by atoms with Crippen molar-refractivity contribution in [2.24, 2.45) is 0 Å². The molecule has 0 aliphatic rings. The molecule has 110 valence electrons. The summed E-state index contributed by atoms with van der Waals surface area (Å²) in [5.41, 5.74) is 1.41. The Kier molecular flexibility index (Phi) is 4.70. The fourth-order valence-electron chi connectivity index (χ4n) is 1.83. The second-order valence-corrected chi connectivity index (χ2v) is 6.87. The molecular weight excluding hydrogens is 433 g/mol. The molecule has 7 heteroatoms. The highest BCUT2D eigenvalue weighted by Gasteiger charge is 2.14. The standard InChI is InChI=1S/C15H9ClIN3OS/c16-11-7-3-1-5-9(11)14-19-20-15(22-14)18-13(21)10-6-2-4-8-12(10)17/h1-8H,(H,18,20,21). The first-order valence-corrected chi connectivity index (χ1v) is 8.57. The Balaban J connectivity index is 1.82. The third-order valence-corrected chi connectivity index (χ3v) is 5.01. The molecule has 4 nitrogen and oxygen atoms in total. The molecule has 0 saturated carbocycles. The molecule has 0 fully saturated rings. The zero-order chi connectivity index (χ0) is 15.5. The van der Waals surface area contributed by atoms with E-state index in [4.69, 9.17) is 11.6 Å². The van der Waals surface area contributed by atoms with Gasteiger partial charge < -0.3 is 0 Å². The number of rotatable bonds is 3. The smallest absolute Gasteiger partial charge is 0.258 e. The Morgan fingerprint density at radius 2 is 1.82 bits per heavy atom. The van der Waals surface area contributed by atoms with E-state index in [9.17, 15) is 4.79 Å². The fraction of sp³-hybridized carbons (Fsp3) is 0. The monoisotopic (exact) mass is 441 g/mol. The van der Waals surface area contributed by atoms with Crippen LogP contribution >= 0.6 is 45.5 Å². The number of halogens is 2. The molecule has 0 aliphatic heterocycles. The number of benzene rings is 2. The normalized spacial score (nSPS) is 10.5. The second kappa shape index (κ2) is 6.72. The number of amides is 1. The molecule has 0 atom stereocenters. The van der Waals surface area contributed by atoms with Gasteiger partial charge in [-0.3, -0.25) is 10.1 Å². The summed E-state index contributed by atoms with van der Waals surface area (Å²) in [5, 5.41) is 12.6. The van der Waals surface area contributed by atoms with Crippen molar-refractivity contribution in [2.75, 3.05) is 5.32 Å². The molecule has 0 bridgehead atoms. The molecule has 0 radical (unpaired) electrons. The van der Waals surface area contributed by atoms with Crippen molar-refractivity contribution in [3.05, 3.63) is 62.7 Å². The summed E-state index contributed by atoms with van der Waals surface area (Å²) in [7, 11) is 0. The maximum atomic E-state index is 12.2. The summed E-state index contributed by atoms with van der Waals surface area (Å²) in [5.74, 6) is -0.202. The maximum Gasteiger partial charge on any atom is 0.258 e. The Morgan fingerprint density at radius 1 is 1.09 bits per heavy atom. The quantitative estimate of drug-likeness (QED) is 0.599. The molecule has 0 aliphatic carbocycles. The lowest BCUT2D eigenvalue weighted by atomic mass is 10.2. The first-order chi connectivity index (χ1) is 10.6. The number of carbonyl (C=O) groups excluding carboxylic acids is 1. The fourth-order valence-corrected chi connectivity index (χ4v) is 3.52. The van der Waals surface area contributed by atoms with Gasteiger partial charge in [0.25, 0.3) is 5.91 Å². The van der Waals surface area contributed by atoms with Crippen LogP contribution in [-0.2, 0) is 0 Å². The molecule has 3 aromatic rings. The van der Waals surface area contributed by atoms with Crippen molar-refractivity contribution in [2.45, 2.75) is 0 Å². The van der Waals surface area contributed by atoms with Crippen molar-refractivity contribution in [1.29, 1.82) is 0 Å². The zero-order valence-electron chi connectivity index (χ0n) is 11.1. The first-order valence-electron chi connectivity index (χ1n) is 6.29. The van der Waals surface area contributed by atoms with E-state index >= 15 is 0 Å². The SMILES string of the molecule is O=C(Nc1nnc(-c2ccccc2Cl)s1)c1ccccc1I. The molecule has 1 heterocycles. The lowest BCUT2D eigenvalue weighted by Crippen LogP contribution is -2.13. The van der Waals surface area contributed by atoms with E-state index in [1.807, 2.05) is 36.4 Å². The lowest BCUT2D eigenvalue weighted by molar-refractivity contribution is 0.102. The van der Waals surface area contributed by atoms with E-state index in [-0.39, 0.29) is 5.91 Å². The Hall–Kier alpha value is -1.51. The van der Waals surface area contributed by atoms with Gasteiger partial charge in [0.15, 0.2) is 5.01 Å². The van der Waals surface area contributed by atoms with Gasteiger partial charge in [0.1, 0.15) is 0 Å². The van der Waals surface area contributed by atoms with E-state index in [0.717, 1.165) is 9.13 Å². The molecule has 0 unspecified atom stereocenters. The number of hydrogen-bond acceptors (Lipinski definition) is 4. The summed E-state index contributed by atoms with van der Waals surface area (Å²) >= 11 is 9.56. The van der Waals surface area contributed by atoms with Gasteiger partial charge in [-0.1, -0.05) is 53.3 Å². The molecule has 22 heavy (non-hydrogen) atoms. The number of anilines is 1. The predicted molar refractivity (Wildman–Crippen MR) is 97.5 cm³/mol. The van der Waals surface area contributed by atoms with E-state index in [0.29, 0.717) is 20.7 Å². The molecule has 1 amide bonds.